The molecule has 0 aromatic heterocycles. The Bertz CT molecular complexity index is 886. The maximum atomic E-state index is 12.4. The maximum Gasteiger partial charge on any atom is 0.472 e. The Labute approximate surface area is 296 Å². The summed E-state index contributed by atoms with van der Waals surface area (Å²) in [5, 5.41) is 13.5. The second kappa shape index (κ2) is 31.7. The molecule has 0 spiro atoms. The first-order chi connectivity index (χ1) is 23.0. The van der Waals surface area contributed by atoms with E-state index in [0.717, 1.165) is 44.9 Å². The van der Waals surface area contributed by atoms with Gasteiger partial charge in [-0.3, -0.25) is 13.8 Å². The van der Waals surface area contributed by atoms with E-state index in [1.807, 2.05) is 27.2 Å². The molecule has 3 N–H and O–H groups in total. The van der Waals surface area contributed by atoms with Gasteiger partial charge in [-0.25, -0.2) is 4.57 Å². The number of rotatable bonds is 34. The number of allylic oxidation sites excluding steroid dienone is 5. The molecule has 48 heavy (non-hydrogen) atoms. The molecular weight excluding hydrogens is 623 g/mol. The minimum atomic E-state index is -4.32. The van der Waals surface area contributed by atoms with Gasteiger partial charge in [0.1, 0.15) is 13.2 Å². The van der Waals surface area contributed by atoms with Gasteiger partial charge in [0.2, 0.25) is 5.91 Å². The number of unbranched alkanes of at least 4 members (excludes halogenated alkanes) is 17. The van der Waals surface area contributed by atoms with Crippen molar-refractivity contribution >= 4 is 13.7 Å². The lowest BCUT2D eigenvalue weighted by Crippen LogP contribution is -2.45. The summed E-state index contributed by atoms with van der Waals surface area (Å²) in [6, 6.07) is -0.861. The summed E-state index contributed by atoms with van der Waals surface area (Å²) in [7, 11) is 1.54. The molecule has 9 heteroatoms. The minimum Gasteiger partial charge on any atom is -0.387 e. The zero-order chi connectivity index (χ0) is 35.8. The molecule has 282 valence electrons. The van der Waals surface area contributed by atoms with Crippen LogP contribution >= 0.6 is 7.82 Å². The van der Waals surface area contributed by atoms with Crippen LogP contribution in [0.25, 0.3) is 0 Å². The van der Waals surface area contributed by atoms with Crippen LogP contribution in [0.4, 0.5) is 0 Å². The first kappa shape index (κ1) is 46.7. The third-order valence-electron chi connectivity index (χ3n) is 8.34. The Morgan fingerprint density at radius 1 is 0.688 bits per heavy atom. The zero-order valence-electron chi connectivity index (χ0n) is 31.7. The molecule has 3 atom stereocenters. The fourth-order valence-corrected chi connectivity index (χ4v) is 5.92. The Hall–Kier alpha value is -1.28. The number of likely N-dealkylation sites (N-methyl/N-ethyl adjacent to an activating group) is 1. The third-order valence-corrected chi connectivity index (χ3v) is 9.32. The summed E-state index contributed by atoms with van der Waals surface area (Å²) in [4.78, 5) is 22.5. The first-order valence-corrected chi connectivity index (χ1v) is 20.9. The van der Waals surface area contributed by atoms with Gasteiger partial charge >= 0.3 is 7.82 Å². The van der Waals surface area contributed by atoms with Gasteiger partial charge in [0.25, 0.3) is 0 Å². The van der Waals surface area contributed by atoms with E-state index in [9.17, 15) is 19.4 Å². The molecule has 0 aliphatic rings. The number of phosphoric acid groups is 1. The molecular formula is C39H76N2O6P+. The smallest absolute Gasteiger partial charge is 0.387 e. The molecule has 0 fully saturated rings. The number of nitrogens with one attached hydrogen (secondary N) is 1. The lowest BCUT2D eigenvalue weighted by atomic mass is 10.0. The zero-order valence-corrected chi connectivity index (χ0v) is 32.6. The molecule has 0 aromatic rings. The number of hydrogen-bond donors (Lipinski definition) is 3. The van der Waals surface area contributed by atoms with Gasteiger partial charge in [0, 0.05) is 6.42 Å². The van der Waals surface area contributed by atoms with E-state index in [4.69, 9.17) is 9.05 Å². The van der Waals surface area contributed by atoms with Gasteiger partial charge in [0.05, 0.1) is 39.9 Å². The number of aliphatic hydroxyl groups is 1. The third kappa shape index (κ3) is 33.2. The molecule has 0 saturated heterocycles. The van der Waals surface area contributed by atoms with Crippen LogP contribution in [0.2, 0.25) is 0 Å². The van der Waals surface area contributed by atoms with Crippen LogP contribution in [0, 0.1) is 0 Å². The lowest BCUT2D eigenvalue weighted by molar-refractivity contribution is -0.870. The van der Waals surface area contributed by atoms with Crippen LogP contribution in [0.1, 0.15) is 155 Å². The number of aliphatic hydroxyl groups excluding tert-OH is 1. The number of carbonyl (C=O) groups is 1. The van der Waals surface area contributed by atoms with E-state index < -0.39 is 20.0 Å². The quantitative estimate of drug-likeness (QED) is 0.0267. The lowest BCUT2D eigenvalue weighted by Gasteiger charge is -2.25. The molecule has 0 bridgehead atoms. The Morgan fingerprint density at radius 2 is 1.15 bits per heavy atom. The average molecular weight is 700 g/mol. The van der Waals surface area contributed by atoms with Crippen molar-refractivity contribution in [3.63, 3.8) is 0 Å². The van der Waals surface area contributed by atoms with Crippen molar-refractivity contribution in [1.29, 1.82) is 0 Å². The predicted octanol–water partition coefficient (Wildman–Crippen LogP) is 9.96. The van der Waals surface area contributed by atoms with E-state index in [1.165, 1.54) is 89.9 Å². The van der Waals surface area contributed by atoms with Gasteiger partial charge < -0.3 is 19.8 Å². The Balaban J connectivity index is 4.20. The van der Waals surface area contributed by atoms with Crippen LogP contribution in [-0.2, 0) is 18.4 Å². The number of amides is 1. The van der Waals surface area contributed by atoms with E-state index in [1.54, 1.807) is 6.08 Å². The largest absolute Gasteiger partial charge is 0.472 e. The van der Waals surface area contributed by atoms with Crippen molar-refractivity contribution in [3.05, 3.63) is 36.5 Å². The van der Waals surface area contributed by atoms with E-state index >= 15 is 0 Å². The monoisotopic (exact) mass is 700 g/mol. The number of phosphoric ester groups is 1. The second-order valence-electron chi connectivity index (χ2n) is 14.3. The van der Waals surface area contributed by atoms with Crippen molar-refractivity contribution in [1.82, 2.24) is 5.32 Å². The van der Waals surface area contributed by atoms with E-state index in [-0.39, 0.29) is 19.1 Å². The fourth-order valence-electron chi connectivity index (χ4n) is 5.19. The van der Waals surface area contributed by atoms with Crippen LogP contribution in [0.5, 0.6) is 0 Å². The topological polar surface area (TPSA) is 105 Å². The predicted molar refractivity (Wildman–Crippen MR) is 203 cm³/mol. The summed E-state index contributed by atoms with van der Waals surface area (Å²) in [5.74, 6) is -0.218. The Kier molecular flexibility index (Phi) is 30.8. The minimum absolute atomic E-state index is 0.0527. The standard InChI is InChI=1S/C39H75N2O6P/c1-6-8-10-11-12-13-14-15-16-17-18-19-20-21-22-23-24-25-26-27-28-29-31-32-38(42)37(40-39(43)33-30-9-7-2)36-47-48(44,45)46-35-34-41(3,4)5/h22-23,26-27,31-32,37-38,42H,6-21,24-25,28-30,33-36H2,1-5H3,(H-,40,43,44,45)/p+1/b23-22+,27-26+,32-31+. The highest BCUT2D eigenvalue weighted by molar-refractivity contribution is 7.47. The molecule has 8 nitrogen and oxygen atoms in total. The van der Waals surface area contributed by atoms with Crippen LogP contribution in [-0.4, -0.2) is 73.4 Å². The molecule has 0 aliphatic heterocycles. The number of quaternary nitrogens is 1. The first-order valence-electron chi connectivity index (χ1n) is 19.4. The van der Waals surface area contributed by atoms with Crippen molar-refractivity contribution < 1.29 is 32.9 Å². The number of hydrogen-bond acceptors (Lipinski definition) is 5. The van der Waals surface area contributed by atoms with E-state index in [2.05, 4.69) is 43.5 Å². The SMILES string of the molecule is CCCCCCCCCCCCCCC/C=C/CC/C=C/CC/C=C/C(O)C(COP(=O)(O)OCC[N+](C)(C)C)NC(=O)CCCCC. The van der Waals surface area contributed by atoms with Crippen molar-refractivity contribution in [2.45, 2.75) is 167 Å². The van der Waals surface area contributed by atoms with Crippen molar-refractivity contribution in [2.24, 2.45) is 0 Å². The van der Waals surface area contributed by atoms with Crippen molar-refractivity contribution in [2.75, 3.05) is 40.9 Å². The summed E-state index contributed by atoms with van der Waals surface area (Å²) in [5.41, 5.74) is 0. The molecule has 0 aliphatic carbocycles. The van der Waals surface area contributed by atoms with Gasteiger partial charge in [-0.15, -0.1) is 0 Å². The van der Waals surface area contributed by atoms with Crippen LogP contribution in [0.3, 0.4) is 0 Å². The van der Waals surface area contributed by atoms with Gasteiger partial charge in [-0.05, 0) is 44.9 Å². The summed E-state index contributed by atoms with van der Waals surface area (Å²) in [6.45, 7) is 4.59. The average Bonchev–Trinajstić information content (AvgIpc) is 3.02. The molecule has 0 rings (SSSR count). The van der Waals surface area contributed by atoms with Gasteiger partial charge in [-0.1, -0.05) is 140 Å². The van der Waals surface area contributed by atoms with Crippen LogP contribution < -0.4 is 5.32 Å². The number of nitrogens with zero attached hydrogens (tertiary/aromatic N) is 1. The second-order valence-corrected chi connectivity index (χ2v) is 15.7. The van der Waals surface area contributed by atoms with Crippen molar-refractivity contribution in [3.8, 4) is 0 Å². The summed E-state index contributed by atoms with van der Waals surface area (Å²) >= 11 is 0. The van der Waals surface area contributed by atoms with Crippen LogP contribution in [0.15, 0.2) is 36.5 Å². The van der Waals surface area contributed by atoms with Gasteiger partial charge in [-0.2, -0.15) is 0 Å². The highest BCUT2D eigenvalue weighted by Crippen LogP contribution is 2.43. The molecule has 0 heterocycles. The maximum absolute atomic E-state index is 12.4. The molecule has 0 saturated carbocycles. The molecule has 1 amide bonds. The van der Waals surface area contributed by atoms with Gasteiger partial charge in [0.15, 0.2) is 0 Å². The molecule has 3 unspecified atom stereocenters. The summed E-state index contributed by atoms with van der Waals surface area (Å²) < 4.78 is 23.2. The fraction of sp³-hybridized carbons (Fsp3) is 0.821. The molecule has 0 aromatic carbocycles. The highest BCUT2D eigenvalue weighted by atomic mass is 31.2. The van der Waals surface area contributed by atoms with E-state index in [0.29, 0.717) is 17.4 Å². The summed E-state index contributed by atoms with van der Waals surface area (Å²) in [6.07, 6.45) is 37.3. The highest BCUT2D eigenvalue weighted by Gasteiger charge is 2.27. The molecule has 0 radical (unpaired) electrons. The Morgan fingerprint density at radius 3 is 1.67 bits per heavy atom. The number of carbonyl (C=O) groups excluding carboxylic acids is 1. The normalized spacial score (nSPS) is 15.1.